The van der Waals surface area contributed by atoms with E-state index >= 15 is 0 Å². The van der Waals surface area contributed by atoms with Gasteiger partial charge in [-0.15, -0.1) is 0 Å². The number of hydrogen-bond acceptors (Lipinski definition) is 4. The van der Waals surface area contributed by atoms with E-state index in [1.165, 1.54) is 0 Å². The Bertz CT molecular complexity index is 380. The summed E-state index contributed by atoms with van der Waals surface area (Å²) in [7, 11) is 3.30. The van der Waals surface area contributed by atoms with Gasteiger partial charge in [-0.05, 0) is 6.42 Å². The lowest BCUT2D eigenvalue weighted by molar-refractivity contribution is 0.355. The fourth-order valence-corrected chi connectivity index (χ4v) is 1.90. The Kier molecular flexibility index (Phi) is 3.08. The van der Waals surface area contributed by atoms with Crippen LogP contribution in [0.25, 0.3) is 0 Å². The van der Waals surface area contributed by atoms with Gasteiger partial charge in [0.05, 0.1) is 25.6 Å². The van der Waals surface area contributed by atoms with E-state index in [4.69, 9.17) is 9.47 Å². The van der Waals surface area contributed by atoms with Crippen LogP contribution in [-0.4, -0.2) is 26.8 Å². The predicted octanol–water partition coefficient (Wildman–Crippen LogP) is 2.32. The van der Waals surface area contributed by atoms with Gasteiger partial charge in [0.25, 0.3) is 0 Å². The number of rotatable bonds is 3. The molecule has 4 heteroatoms. The second kappa shape index (κ2) is 4.51. The summed E-state index contributed by atoms with van der Waals surface area (Å²) in [6.07, 6.45) is 1.10. The Hall–Kier alpha value is -1.58. The molecule has 16 heavy (non-hydrogen) atoms. The number of benzene rings is 1. The molecule has 1 aromatic carbocycles. The van der Waals surface area contributed by atoms with Gasteiger partial charge in [0.15, 0.2) is 11.5 Å². The van der Waals surface area contributed by atoms with E-state index in [2.05, 4.69) is 17.6 Å². The van der Waals surface area contributed by atoms with Crippen molar-refractivity contribution in [1.29, 1.82) is 0 Å². The molecule has 4 nitrogen and oxygen atoms in total. The molecule has 0 saturated heterocycles. The van der Waals surface area contributed by atoms with Crippen molar-refractivity contribution < 1.29 is 9.47 Å². The van der Waals surface area contributed by atoms with Gasteiger partial charge in [-0.3, -0.25) is 0 Å². The number of ether oxygens (including phenoxy) is 2. The van der Waals surface area contributed by atoms with E-state index in [0.29, 0.717) is 6.04 Å². The number of hydrogen-bond donors (Lipinski definition) is 2. The van der Waals surface area contributed by atoms with Gasteiger partial charge in [0.1, 0.15) is 0 Å². The van der Waals surface area contributed by atoms with E-state index in [0.717, 1.165) is 35.8 Å². The molecule has 0 aliphatic carbocycles. The maximum Gasteiger partial charge on any atom is 0.162 e. The lowest BCUT2D eigenvalue weighted by Gasteiger charge is -2.28. The highest BCUT2D eigenvalue weighted by Crippen LogP contribution is 2.38. The number of methoxy groups -OCH3 is 2. The third-order valence-electron chi connectivity index (χ3n) is 2.92. The van der Waals surface area contributed by atoms with E-state index in [1.54, 1.807) is 14.2 Å². The van der Waals surface area contributed by atoms with Crippen LogP contribution in [0.4, 0.5) is 11.4 Å². The summed E-state index contributed by atoms with van der Waals surface area (Å²) in [5, 5.41) is 6.87. The monoisotopic (exact) mass is 222 g/mol. The maximum absolute atomic E-state index is 5.28. The minimum absolute atomic E-state index is 0.477. The van der Waals surface area contributed by atoms with Crippen LogP contribution in [0.15, 0.2) is 12.1 Å². The molecular weight excluding hydrogens is 204 g/mol. The van der Waals surface area contributed by atoms with Crippen molar-refractivity contribution >= 4 is 11.4 Å². The molecule has 0 radical (unpaired) electrons. The van der Waals surface area contributed by atoms with Crippen LogP contribution in [0.3, 0.4) is 0 Å². The highest BCUT2D eigenvalue weighted by Gasteiger charge is 2.18. The SMILES string of the molecule is CCC1CNc2cc(OC)c(OC)cc2N1. The zero-order valence-electron chi connectivity index (χ0n) is 9.96. The highest BCUT2D eigenvalue weighted by molar-refractivity contribution is 5.76. The Balaban J connectivity index is 2.34. The fourth-order valence-electron chi connectivity index (χ4n) is 1.90. The summed E-state index contributed by atoms with van der Waals surface area (Å²) in [5.41, 5.74) is 2.15. The van der Waals surface area contributed by atoms with Gasteiger partial charge in [-0.2, -0.15) is 0 Å². The van der Waals surface area contributed by atoms with Crippen molar-refractivity contribution in [2.45, 2.75) is 19.4 Å². The Morgan fingerprint density at radius 1 is 1.19 bits per heavy atom. The predicted molar refractivity (Wildman–Crippen MR) is 65.7 cm³/mol. The zero-order chi connectivity index (χ0) is 11.5. The smallest absolute Gasteiger partial charge is 0.162 e. The second-order valence-corrected chi connectivity index (χ2v) is 3.88. The Morgan fingerprint density at radius 2 is 1.81 bits per heavy atom. The van der Waals surface area contributed by atoms with Gasteiger partial charge < -0.3 is 20.1 Å². The fraction of sp³-hybridized carbons (Fsp3) is 0.500. The molecule has 1 unspecified atom stereocenters. The molecule has 0 amide bonds. The summed E-state index contributed by atoms with van der Waals surface area (Å²) in [6.45, 7) is 3.12. The van der Waals surface area contributed by atoms with Crippen molar-refractivity contribution in [1.82, 2.24) is 0 Å². The number of nitrogens with one attached hydrogen (secondary N) is 2. The molecule has 0 spiro atoms. The quantitative estimate of drug-likeness (QED) is 0.823. The maximum atomic E-state index is 5.28. The molecule has 1 aliphatic heterocycles. The van der Waals surface area contributed by atoms with Gasteiger partial charge in [-0.25, -0.2) is 0 Å². The normalized spacial score (nSPS) is 18.1. The molecule has 1 atom stereocenters. The first-order valence-electron chi connectivity index (χ1n) is 5.55. The van der Waals surface area contributed by atoms with Crippen molar-refractivity contribution in [3.8, 4) is 11.5 Å². The van der Waals surface area contributed by atoms with Crippen LogP contribution in [0.2, 0.25) is 0 Å². The van der Waals surface area contributed by atoms with Crippen LogP contribution in [0.5, 0.6) is 11.5 Å². The minimum atomic E-state index is 0.477. The van der Waals surface area contributed by atoms with Gasteiger partial charge in [0.2, 0.25) is 0 Å². The standard InChI is InChI=1S/C12H18N2O2/c1-4-8-7-13-9-5-11(15-2)12(16-3)6-10(9)14-8/h5-6,8,13-14H,4,7H2,1-3H3. The first-order valence-corrected chi connectivity index (χ1v) is 5.55. The van der Waals surface area contributed by atoms with Gasteiger partial charge in [0, 0.05) is 24.7 Å². The topological polar surface area (TPSA) is 42.5 Å². The average Bonchev–Trinajstić information content (AvgIpc) is 2.36. The molecule has 0 saturated carbocycles. The molecule has 1 aliphatic rings. The van der Waals surface area contributed by atoms with Crippen molar-refractivity contribution in [2.75, 3.05) is 31.4 Å². The number of anilines is 2. The molecule has 1 heterocycles. The molecule has 1 aromatic rings. The summed E-state index contributed by atoms with van der Waals surface area (Å²) in [5.74, 6) is 1.51. The lowest BCUT2D eigenvalue weighted by atomic mass is 10.1. The first-order chi connectivity index (χ1) is 7.78. The summed E-state index contributed by atoms with van der Waals surface area (Å²) in [4.78, 5) is 0. The first kappa shape index (κ1) is 10.9. The van der Waals surface area contributed by atoms with Crippen molar-refractivity contribution in [3.05, 3.63) is 12.1 Å². The van der Waals surface area contributed by atoms with Crippen molar-refractivity contribution in [2.24, 2.45) is 0 Å². The van der Waals surface area contributed by atoms with Gasteiger partial charge >= 0.3 is 0 Å². The van der Waals surface area contributed by atoms with Crippen molar-refractivity contribution in [3.63, 3.8) is 0 Å². The molecule has 2 rings (SSSR count). The zero-order valence-corrected chi connectivity index (χ0v) is 9.96. The van der Waals surface area contributed by atoms with Crippen LogP contribution < -0.4 is 20.1 Å². The largest absolute Gasteiger partial charge is 0.493 e. The Morgan fingerprint density at radius 3 is 2.38 bits per heavy atom. The lowest BCUT2D eigenvalue weighted by Crippen LogP contribution is -2.32. The summed E-state index contributed by atoms with van der Waals surface area (Å²) in [6, 6.07) is 4.42. The molecular formula is C12H18N2O2. The highest BCUT2D eigenvalue weighted by atomic mass is 16.5. The van der Waals surface area contributed by atoms with E-state index < -0.39 is 0 Å². The molecule has 0 aromatic heterocycles. The minimum Gasteiger partial charge on any atom is -0.493 e. The average molecular weight is 222 g/mol. The third-order valence-corrected chi connectivity index (χ3v) is 2.92. The molecule has 2 N–H and O–H groups in total. The third kappa shape index (κ3) is 1.87. The molecule has 0 fully saturated rings. The summed E-state index contributed by atoms with van der Waals surface area (Å²) < 4.78 is 10.5. The summed E-state index contributed by atoms with van der Waals surface area (Å²) >= 11 is 0. The second-order valence-electron chi connectivity index (χ2n) is 3.88. The van der Waals surface area contributed by atoms with Crippen LogP contribution in [0.1, 0.15) is 13.3 Å². The number of fused-ring (bicyclic) bond motifs is 1. The van der Waals surface area contributed by atoms with Crippen LogP contribution >= 0.6 is 0 Å². The van der Waals surface area contributed by atoms with E-state index in [1.807, 2.05) is 12.1 Å². The van der Waals surface area contributed by atoms with E-state index in [-0.39, 0.29) is 0 Å². The molecule has 0 bridgehead atoms. The molecule has 88 valence electrons. The van der Waals surface area contributed by atoms with Gasteiger partial charge in [-0.1, -0.05) is 6.92 Å². The van der Waals surface area contributed by atoms with E-state index in [9.17, 15) is 0 Å². The Labute approximate surface area is 95.9 Å². The van der Waals surface area contributed by atoms with Crippen LogP contribution in [0, 0.1) is 0 Å². The van der Waals surface area contributed by atoms with Crippen LogP contribution in [-0.2, 0) is 0 Å².